The summed E-state index contributed by atoms with van der Waals surface area (Å²) >= 11 is 3.26. The van der Waals surface area contributed by atoms with Gasteiger partial charge in [0, 0.05) is 22.9 Å². The smallest absolute Gasteiger partial charge is 0.229 e. The van der Waals surface area contributed by atoms with E-state index in [1.807, 2.05) is 22.6 Å². The van der Waals surface area contributed by atoms with E-state index in [4.69, 9.17) is 4.74 Å². The highest BCUT2D eigenvalue weighted by Crippen LogP contribution is 2.26. The maximum atomic E-state index is 12.3. The van der Waals surface area contributed by atoms with Crippen LogP contribution < -0.4 is 0 Å². The van der Waals surface area contributed by atoms with Crippen LogP contribution in [0, 0.1) is 0 Å². The van der Waals surface area contributed by atoms with E-state index in [2.05, 4.69) is 16.4 Å². The minimum Gasteiger partial charge on any atom is -0.377 e. The fourth-order valence-corrected chi connectivity index (χ4v) is 3.79. The first-order valence-corrected chi connectivity index (χ1v) is 8.40. The number of carbonyl (C=O) groups excluding carboxylic acids is 1. The molecule has 106 valence electrons. The van der Waals surface area contributed by atoms with Crippen molar-refractivity contribution in [3.8, 4) is 10.6 Å². The lowest BCUT2D eigenvalue weighted by molar-refractivity contribution is -0.138. The monoisotopic (exact) mass is 308 g/mol. The van der Waals surface area contributed by atoms with Gasteiger partial charge in [-0.3, -0.25) is 4.79 Å². The van der Waals surface area contributed by atoms with Crippen molar-refractivity contribution in [3.63, 3.8) is 0 Å². The third-order valence-electron chi connectivity index (χ3n) is 3.34. The standard InChI is InChI=1S/C14H16N2O2S2/c1-10-7-18-4-3-16(10)13(17)6-12-9-20-14(15-12)11-2-5-19-8-11/h2,5,8-10H,3-4,6-7H2,1H3/t10-/m1/s1. The zero-order valence-corrected chi connectivity index (χ0v) is 12.9. The third-order valence-corrected chi connectivity index (χ3v) is 4.96. The van der Waals surface area contributed by atoms with Gasteiger partial charge in [-0.25, -0.2) is 4.98 Å². The Morgan fingerprint density at radius 3 is 3.20 bits per heavy atom. The highest BCUT2D eigenvalue weighted by atomic mass is 32.1. The molecular formula is C14H16N2O2S2. The minimum atomic E-state index is 0.142. The number of rotatable bonds is 3. The topological polar surface area (TPSA) is 42.4 Å². The van der Waals surface area contributed by atoms with Crippen LogP contribution in [0.1, 0.15) is 12.6 Å². The SMILES string of the molecule is C[C@@H]1COCCN1C(=O)Cc1csc(-c2ccsc2)n1. The summed E-state index contributed by atoms with van der Waals surface area (Å²) in [6.07, 6.45) is 0.380. The molecule has 0 bridgehead atoms. The second-order valence-electron chi connectivity index (χ2n) is 4.84. The number of hydrogen-bond donors (Lipinski definition) is 0. The van der Waals surface area contributed by atoms with Gasteiger partial charge in [0.2, 0.25) is 5.91 Å². The number of thiophene rings is 1. The van der Waals surface area contributed by atoms with E-state index < -0.39 is 0 Å². The van der Waals surface area contributed by atoms with Crippen molar-refractivity contribution in [1.29, 1.82) is 0 Å². The summed E-state index contributed by atoms with van der Waals surface area (Å²) in [5, 5.41) is 7.09. The van der Waals surface area contributed by atoms with Gasteiger partial charge >= 0.3 is 0 Å². The van der Waals surface area contributed by atoms with Gasteiger partial charge in [-0.05, 0) is 18.4 Å². The van der Waals surface area contributed by atoms with Crippen LogP contribution in [-0.2, 0) is 16.0 Å². The Hall–Kier alpha value is -1.24. The predicted octanol–water partition coefficient (Wildman–Crippen LogP) is 2.66. The van der Waals surface area contributed by atoms with E-state index in [0.717, 1.165) is 16.3 Å². The molecule has 3 rings (SSSR count). The fraction of sp³-hybridized carbons (Fsp3) is 0.429. The molecule has 2 aromatic rings. The zero-order valence-electron chi connectivity index (χ0n) is 11.2. The second kappa shape index (κ2) is 6.03. The first-order chi connectivity index (χ1) is 9.74. The number of aromatic nitrogens is 1. The molecule has 1 amide bonds. The molecule has 1 atom stereocenters. The summed E-state index contributed by atoms with van der Waals surface area (Å²) in [6.45, 7) is 3.96. The van der Waals surface area contributed by atoms with E-state index in [1.54, 1.807) is 22.7 Å². The van der Waals surface area contributed by atoms with E-state index in [1.165, 1.54) is 0 Å². The van der Waals surface area contributed by atoms with Gasteiger partial charge in [0.15, 0.2) is 0 Å². The van der Waals surface area contributed by atoms with Crippen molar-refractivity contribution < 1.29 is 9.53 Å². The summed E-state index contributed by atoms with van der Waals surface area (Å²) < 4.78 is 5.36. The molecule has 1 fully saturated rings. The average Bonchev–Trinajstić information content (AvgIpc) is 3.09. The molecule has 0 saturated carbocycles. The van der Waals surface area contributed by atoms with Gasteiger partial charge in [-0.2, -0.15) is 11.3 Å². The molecule has 0 aliphatic carbocycles. The lowest BCUT2D eigenvalue weighted by Crippen LogP contribution is -2.47. The molecule has 0 radical (unpaired) electrons. The lowest BCUT2D eigenvalue weighted by atomic mass is 10.2. The first kappa shape index (κ1) is 13.7. The summed E-state index contributed by atoms with van der Waals surface area (Å²) in [5.74, 6) is 0.142. The van der Waals surface area contributed by atoms with Crippen molar-refractivity contribution in [2.75, 3.05) is 19.8 Å². The average molecular weight is 308 g/mol. The maximum Gasteiger partial charge on any atom is 0.229 e. The van der Waals surface area contributed by atoms with Crippen LogP contribution in [0.5, 0.6) is 0 Å². The van der Waals surface area contributed by atoms with Crippen LogP contribution in [0.4, 0.5) is 0 Å². The summed E-state index contributed by atoms with van der Waals surface area (Å²) in [7, 11) is 0. The van der Waals surface area contributed by atoms with Crippen molar-refractivity contribution in [2.24, 2.45) is 0 Å². The second-order valence-corrected chi connectivity index (χ2v) is 6.48. The number of amides is 1. The lowest BCUT2D eigenvalue weighted by Gasteiger charge is -2.33. The quantitative estimate of drug-likeness (QED) is 0.875. The van der Waals surface area contributed by atoms with Crippen LogP contribution in [0.25, 0.3) is 10.6 Å². The molecule has 1 aliphatic rings. The molecule has 0 spiro atoms. The maximum absolute atomic E-state index is 12.3. The summed E-state index contributed by atoms with van der Waals surface area (Å²) in [6, 6.07) is 2.21. The van der Waals surface area contributed by atoms with E-state index in [0.29, 0.717) is 26.2 Å². The molecule has 0 unspecified atom stereocenters. The van der Waals surface area contributed by atoms with Gasteiger partial charge in [0.1, 0.15) is 5.01 Å². The van der Waals surface area contributed by atoms with Gasteiger partial charge in [-0.1, -0.05) is 0 Å². The zero-order chi connectivity index (χ0) is 13.9. The van der Waals surface area contributed by atoms with Crippen molar-refractivity contribution >= 4 is 28.6 Å². The summed E-state index contributed by atoms with van der Waals surface area (Å²) in [5.41, 5.74) is 2.00. The van der Waals surface area contributed by atoms with E-state index in [-0.39, 0.29) is 11.9 Å². The number of nitrogens with zero attached hydrogens (tertiary/aromatic N) is 2. The highest BCUT2D eigenvalue weighted by molar-refractivity contribution is 7.14. The minimum absolute atomic E-state index is 0.142. The van der Waals surface area contributed by atoms with Crippen LogP contribution in [-0.4, -0.2) is 41.6 Å². The fourth-order valence-electron chi connectivity index (χ4n) is 2.26. The molecule has 1 saturated heterocycles. The number of thiazole rings is 1. The van der Waals surface area contributed by atoms with E-state index in [9.17, 15) is 4.79 Å². The van der Waals surface area contributed by atoms with Crippen molar-refractivity contribution in [3.05, 3.63) is 27.9 Å². The molecule has 6 heteroatoms. The Kier molecular flexibility index (Phi) is 4.14. The number of ether oxygens (including phenoxy) is 1. The number of carbonyl (C=O) groups is 1. The molecule has 0 N–H and O–H groups in total. The van der Waals surface area contributed by atoms with Crippen molar-refractivity contribution in [1.82, 2.24) is 9.88 Å². The highest BCUT2D eigenvalue weighted by Gasteiger charge is 2.24. The third kappa shape index (κ3) is 2.92. The molecule has 20 heavy (non-hydrogen) atoms. The Labute approximate surface area is 126 Å². The van der Waals surface area contributed by atoms with Crippen molar-refractivity contribution in [2.45, 2.75) is 19.4 Å². The predicted molar refractivity (Wildman–Crippen MR) is 81.1 cm³/mol. The Morgan fingerprint density at radius 2 is 2.45 bits per heavy atom. The summed E-state index contributed by atoms with van der Waals surface area (Å²) in [4.78, 5) is 18.8. The normalized spacial score (nSPS) is 19.2. The molecule has 4 nitrogen and oxygen atoms in total. The number of morpholine rings is 1. The molecule has 2 aromatic heterocycles. The van der Waals surface area contributed by atoms with Crippen LogP contribution in [0.15, 0.2) is 22.2 Å². The van der Waals surface area contributed by atoms with Crippen LogP contribution in [0.3, 0.4) is 0 Å². The molecule has 1 aliphatic heterocycles. The molecule has 3 heterocycles. The van der Waals surface area contributed by atoms with E-state index >= 15 is 0 Å². The van der Waals surface area contributed by atoms with Crippen LogP contribution >= 0.6 is 22.7 Å². The van der Waals surface area contributed by atoms with Gasteiger partial charge in [0.05, 0.1) is 31.4 Å². The molecule has 0 aromatic carbocycles. The Morgan fingerprint density at radius 1 is 1.55 bits per heavy atom. The Balaban J connectivity index is 1.67. The van der Waals surface area contributed by atoms with Crippen LogP contribution in [0.2, 0.25) is 0 Å². The molecular weight excluding hydrogens is 292 g/mol. The number of hydrogen-bond acceptors (Lipinski definition) is 5. The van der Waals surface area contributed by atoms with Gasteiger partial charge in [0.25, 0.3) is 0 Å². The van der Waals surface area contributed by atoms with Gasteiger partial charge in [-0.15, -0.1) is 11.3 Å². The van der Waals surface area contributed by atoms with Gasteiger partial charge < -0.3 is 9.64 Å². The largest absolute Gasteiger partial charge is 0.377 e. The Bertz CT molecular complexity index is 580. The first-order valence-electron chi connectivity index (χ1n) is 6.58.